The smallest absolute Gasteiger partial charge is 0.164 e. The van der Waals surface area contributed by atoms with Crippen LogP contribution in [0.4, 0.5) is 0 Å². The lowest BCUT2D eigenvalue weighted by atomic mass is 9.94. The Kier molecular flexibility index (Phi) is 8.45. The number of rotatable bonds is 7. The molecule has 11 rings (SSSR count). The molecule has 0 saturated carbocycles. The van der Waals surface area contributed by atoms with E-state index < -0.39 is 0 Å². The second kappa shape index (κ2) is 14.5. The molecular weight excluding hydrogens is 719 g/mol. The van der Waals surface area contributed by atoms with E-state index in [2.05, 4.69) is 158 Å². The van der Waals surface area contributed by atoms with Crippen LogP contribution in [0.25, 0.3) is 111 Å². The Morgan fingerprint density at radius 1 is 0.254 bits per heavy atom. The van der Waals surface area contributed by atoms with Gasteiger partial charge in [0, 0.05) is 27.5 Å². The lowest BCUT2D eigenvalue weighted by molar-refractivity contribution is 0.669. The van der Waals surface area contributed by atoms with Crippen LogP contribution >= 0.6 is 0 Å². The zero-order chi connectivity index (χ0) is 39.1. The lowest BCUT2D eigenvalue weighted by Crippen LogP contribution is -2.00. The monoisotopic (exact) mass is 753 g/mol. The second-order valence-corrected chi connectivity index (χ2v) is 14.8. The molecule has 4 nitrogen and oxygen atoms in total. The van der Waals surface area contributed by atoms with Crippen molar-refractivity contribution in [2.24, 2.45) is 0 Å². The summed E-state index contributed by atoms with van der Waals surface area (Å²) >= 11 is 0. The van der Waals surface area contributed by atoms with E-state index in [1.165, 1.54) is 33.0 Å². The van der Waals surface area contributed by atoms with E-state index in [0.29, 0.717) is 17.5 Å². The fraction of sp³-hybridized carbons (Fsp3) is 0. The Bertz CT molecular complexity index is 3280. The highest BCUT2D eigenvalue weighted by Gasteiger charge is 2.20. The summed E-state index contributed by atoms with van der Waals surface area (Å²) in [6.45, 7) is 0. The number of fused-ring (bicyclic) bond motifs is 4. The molecule has 0 spiro atoms. The second-order valence-electron chi connectivity index (χ2n) is 14.8. The highest BCUT2D eigenvalue weighted by Crippen LogP contribution is 2.42. The fourth-order valence-corrected chi connectivity index (χ4v) is 8.16. The average molecular weight is 754 g/mol. The number of furan rings is 1. The summed E-state index contributed by atoms with van der Waals surface area (Å²) < 4.78 is 6.58. The Labute approximate surface area is 341 Å². The predicted octanol–water partition coefficient (Wildman–Crippen LogP) is 14.6. The van der Waals surface area contributed by atoms with Gasteiger partial charge in [-0.25, -0.2) is 15.0 Å². The van der Waals surface area contributed by atoms with Gasteiger partial charge in [-0.1, -0.05) is 188 Å². The highest BCUT2D eigenvalue weighted by molar-refractivity contribution is 6.17. The maximum absolute atomic E-state index is 6.58. The molecule has 2 heterocycles. The molecule has 0 amide bonds. The third-order valence-electron chi connectivity index (χ3n) is 11.2. The Hall–Kier alpha value is -7.95. The third kappa shape index (κ3) is 6.43. The van der Waals surface area contributed by atoms with Gasteiger partial charge in [-0.15, -0.1) is 0 Å². The molecule has 276 valence electrons. The van der Waals surface area contributed by atoms with Crippen molar-refractivity contribution in [3.8, 4) is 78.7 Å². The SMILES string of the molecule is c1ccc(-c2ccc(-c3ccc(-c4nc(-c5ccccc5)nc(-c5cccc6oc7cccc(-c8ccc9cc(-c%10ccccc%10)ccc9c8)c7c56)n4)cc3)cc2)cc1. The third-order valence-corrected chi connectivity index (χ3v) is 11.2. The first-order valence-electron chi connectivity index (χ1n) is 19.8. The van der Waals surface area contributed by atoms with Crippen molar-refractivity contribution in [1.29, 1.82) is 0 Å². The van der Waals surface area contributed by atoms with Crippen LogP contribution in [0.15, 0.2) is 217 Å². The van der Waals surface area contributed by atoms with Crippen LogP contribution in [0.5, 0.6) is 0 Å². The maximum atomic E-state index is 6.58. The number of benzene rings is 9. The van der Waals surface area contributed by atoms with Crippen LogP contribution in [0.2, 0.25) is 0 Å². The van der Waals surface area contributed by atoms with Crippen LogP contribution in [0.1, 0.15) is 0 Å². The van der Waals surface area contributed by atoms with Crippen molar-refractivity contribution < 1.29 is 4.42 Å². The summed E-state index contributed by atoms with van der Waals surface area (Å²) in [5.41, 5.74) is 13.6. The Morgan fingerprint density at radius 3 is 1.19 bits per heavy atom. The lowest BCUT2D eigenvalue weighted by Gasteiger charge is -2.11. The topological polar surface area (TPSA) is 51.8 Å². The minimum Gasteiger partial charge on any atom is -0.456 e. The van der Waals surface area contributed by atoms with Crippen LogP contribution < -0.4 is 0 Å². The molecule has 0 bridgehead atoms. The first kappa shape index (κ1) is 34.3. The van der Waals surface area contributed by atoms with Gasteiger partial charge in [-0.3, -0.25) is 0 Å². The summed E-state index contributed by atoms with van der Waals surface area (Å²) in [6.07, 6.45) is 0. The summed E-state index contributed by atoms with van der Waals surface area (Å²) in [5.74, 6) is 1.80. The minimum absolute atomic E-state index is 0.587. The maximum Gasteiger partial charge on any atom is 0.164 e. The van der Waals surface area contributed by atoms with Crippen molar-refractivity contribution in [2.75, 3.05) is 0 Å². The molecule has 0 radical (unpaired) electrons. The molecule has 0 unspecified atom stereocenters. The van der Waals surface area contributed by atoms with Gasteiger partial charge in [0.1, 0.15) is 11.2 Å². The van der Waals surface area contributed by atoms with Gasteiger partial charge in [0.2, 0.25) is 0 Å². The summed E-state index contributed by atoms with van der Waals surface area (Å²) in [5, 5.41) is 4.38. The molecule has 59 heavy (non-hydrogen) atoms. The van der Waals surface area contributed by atoms with Gasteiger partial charge in [-0.2, -0.15) is 0 Å². The van der Waals surface area contributed by atoms with Crippen molar-refractivity contribution >= 4 is 32.7 Å². The molecule has 0 atom stereocenters. The largest absolute Gasteiger partial charge is 0.456 e. The first-order chi connectivity index (χ1) is 29.2. The highest BCUT2D eigenvalue weighted by atomic mass is 16.3. The molecule has 11 aromatic rings. The van der Waals surface area contributed by atoms with Crippen LogP contribution in [-0.2, 0) is 0 Å². The van der Waals surface area contributed by atoms with Gasteiger partial charge in [-0.05, 0) is 79.5 Å². The van der Waals surface area contributed by atoms with Gasteiger partial charge in [0.25, 0.3) is 0 Å². The molecule has 2 aromatic heterocycles. The Morgan fingerprint density at radius 2 is 0.627 bits per heavy atom. The van der Waals surface area contributed by atoms with E-state index in [4.69, 9.17) is 19.4 Å². The van der Waals surface area contributed by atoms with E-state index >= 15 is 0 Å². The summed E-state index contributed by atoms with van der Waals surface area (Å²) in [7, 11) is 0. The number of aromatic nitrogens is 3. The average Bonchev–Trinajstić information content (AvgIpc) is 3.71. The molecule has 0 aliphatic rings. The van der Waals surface area contributed by atoms with E-state index in [-0.39, 0.29) is 0 Å². The fourth-order valence-electron chi connectivity index (χ4n) is 8.16. The van der Waals surface area contributed by atoms with E-state index in [0.717, 1.165) is 60.9 Å². The molecule has 0 aliphatic heterocycles. The van der Waals surface area contributed by atoms with E-state index in [1.807, 2.05) is 54.6 Å². The zero-order valence-electron chi connectivity index (χ0n) is 32.0. The zero-order valence-corrected chi connectivity index (χ0v) is 32.0. The number of hydrogen-bond acceptors (Lipinski definition) is 4. The van der Waals surface area contributed by atoms with E-state index in [9.17, 15) is 0 Å². The van der Waals surface area contributed by atoms with Crippen molar-refractivity contribution in [1.82, 2.24) is 15.0 Å². The van der Waals surface area contributed by atoms with Gasteiger partial charge in [0.15, 0.2) is 17.5 Å². The quantitative estimate of drug-likeness (QED) is 0.163. The molecular formula is C55H35N3O. The van der Waals surface area contributed by atoms with E-state index in [1.54, 1.807) is 0 Å². The Balaban J connectivity index is 1.02. The first-order valence-corrected chi connectivity index (χ1v) is 19.8. The van der Waals surface area contributed by atoms with Crippen LogP contribution in [0.3, 0.4) is 0 Å². The van der Waals surface area contributed by atoms with Gasteiger partial charge in [0.05, 0.1) is 0 Å². The molecule has 4 heteroatoms. The number of hydrogen-bond donors (Lipinski definition) is 0. The van der Waals surface area contributed by atoms with Crippen molar-refractivity contribution in [3.05, 3.63) is 212 Å². The molecule has 0 saturated heterocycles. The molecule has 9 aromatic carbocycles. The summed E-state index contributed by atoms with van der Waals surface area (Å²) in [6, 6.07) is 74.1. The van der Waals surface area contributed by atoms with Crippen LogP contribution in [-0.4, -0.2) is 15.0 Å². The van der Waals surface area contributed by atoms with Crippen molar-refractivity contribution in [2.45, 2.75) is 0 Å². The predicted molar refractivity (Wildman–Crippen MR) is 243 cm³/mol. The minimum atomic E-state index is 0.587. The molecule has 0 aliphatic carbocycles. The molecule has 0 N–H and O–H groups in total. The normalized spacial score (nSPS) is 11.4. The van der Waals surface area contributed by atoms with Gasteiger partial charge < -0.3 is 4.42 Å². The number of nitrogens with zero attached hydrogens (tertiary/aromatic N) is 3. The summed E-state index contributed by atoms with van der Waals surface area (Å²) in [4.78, 5) is 15.4. The van der Waals surface area contributed by atoms with Crippen LogP contribution in [0, 0.1) is 0 Å². The standard InChI is InChI=1S/C55H35N3O/c1-4-12-36(13-5-1)38-22-24-39(25-23-38)40-26-28-42(29-27-40)54-56-53(41-16-8-3-9-17-41)57-55(58-54)48-19-11-21-50-52(48)51-47(18-10-20-49(51)59-50)46-33-32-44-34-43(30-31-45(44)35-46)37-14-6-2-7-15-37/h1-35H. The molecule has 0 fully saturated rings. The van der Waals surface area contributed by atoms with Gasteiger partial charge >= 0.3 is 0 Å². The van der Waals surface area contributed by atoms with Crippen molar-refractivity contribution in [3.63, 3.8) is 0 Å².